The molecule has 0 aromatic rings. The third-order valence-electron chi connectivity index (χ3n) is 10.0. The number of carbonyl (C=O) groups is 5. The van der Waals surface area contributed by atoms with Crippen molar-refractivity contribution < 1.29 is 32.4 Å². The van der Waals surface area contributed by atoms with Crippen molar-refractivity contribution in [3.8, 4) is 0 Å². The second-order valence-corrected chi connectivity index (χ2v) is 19.5. The summed E-state index contributed by atoms with van der Waals surface area (Å²) in [5, 5.41) is 11.1. The molecule has 3 unspecified atom stereocenters. The van der Waals surface area contributed by atoms with Gasteiger partial charge >= 0.3 is 6.03 Å². The molecule has 0 spiro atoms. The van der Waals surface area contributed by atoms with Crippen LogP contribution in [0.3, 0.4) is 0 Å². The number of urea groups is 1. The summed E-state index contributed by atoms with van der Waals surface area (Å²) in [5.74, 6) is -2.95. The number of nitrogens with one attached hydrogen (secondary N) is 4. The molecule has 3 aliphatic rings. The Morgan fingerprint density at radius 2 is 1.59 bits per heavy atom. The molecule has 0 aromatic carbocycles. The minimum absolute atomic E-state index is 0.0642. The summed E-state index contributed by atoms with van der Waals surface area (Å²) in [7, 11) is -3.57. The Kier molecular flexibility index (Phi) is 12.3. The van der Waals surface area contributed by atoms with Crippen LogP contribution in [0.4, 0.5) is 4.79 Å². The molecule has 276 valence electrons. The number of fused-ring (bicyclic) bond motifs is 1. The number of hydrogen-bond acceptors (Lipinski definition) is 7. The molecule has 12 nitrogen and oxygen atoms in total. The van der Waals surface area contributed by atoms with Gasteiger partial charge in [-0.05, 0) is 62.9 Å². The standard InChI is InChI=1S/C36H59N5O7S/c1-11-16-24(28(42)30(44)37-19-12-2)38-29(43)27-26-23(35(26,9)10)21-41(27)31(45)25(20-33(3,4)5)39-32(46)40-36(17-14-13-15-18-36)22-49(47,48)34(6,7)8/h12,23-25H,2,11,13-22H2,1,3-10H3,(H,37,44)(H,38,43)(H2,39,40,46). The Bertz CT molecular complexity index is 1460. The first-order valence-corrected chi connectivity index (χ1v) is 19.3. The van der Waals surface area contributed by atoms with Crippen LogP contribution in [0.25, 0.3) is 0 Å². The minimum atomic E-state index is -3.57. The molecule has 4 N–H and O–H groups in total. The summed E-state index contributed by atoms with van der Waals surface area (Å²) in [6.07, 6.45) is 5.98. The van der Waals surface area contributed by atoms with E-state index in [9.17, 15) is 32.4 Å². The molecule has 2 saturated carbocycles. The highest BCUT2D eigenvalue weighted by atomic mass is 32.2. The van der Waals surface area contributed by atoms with Crippen LogP contribution in [-0.2, 0) is 29.0 Å². The van der Waals surface area contributed by atoms with E-state index in [2.05, 4.69) is 27.8 Å². The van der Waals surface area contributed by atoms with Gasteiger partial charge < -0.3 is 26.2 Å². The van der Waals surface area contributed by atoms with Crippen LogP contribution < -0.4 is 21.3 Å². The number of carbonyl (C=O) groups excluding carboxylic acids is 5. The predicted octanol–water partition coefficient (Wildman–Crippen LogP) is 3.92. The van der Waals surface area contributed by atoms with Crippen molar-refractivity contribution in [2.45, 2.75) is 136 Å². The van der Waals surface area contributed by atoms with Gasteiger partial charge in [-0.1, -0.05) is 73.3 Å². The van der Waals surface area contributed by atoms with Crippen molar-refractivity contribution >= 4 is 39.4 Å². The lowest BCUT2D eigenvalue weighted by atomic mass is 9.83. The lowest BCUT2D eigenvalue weighted by Crippen LogP contribution is -2.61. The Labute approximate surface area is 293 Å². The van der Waals surface area contributed by atoms with E-state index in [1.54, 1.807) is 20.8 Å². The van der Waals surface area contributed by atoms with Crippen molar-refractivity contribution in [3.63, 3.8) is 0 Å². The van der Waals surface area contributed by atoms with E-state index >= 15 is 0 Å². The molecule has 1 heterocycles. The second kappa shape index (κ2) is 14.9. The summed E-state index contributed by atoms with van der Waals surface area (Å²) in [6, 6.07) is -2.74. The van der Waals surface area contributed by atoms with Gasteiger partial charge in [-0.3, -0.25) is 19.2 Å². The molecular formula is C36H59N5O7S. The zero-order valence-electron chi connectivity index (χ0n) is 31.0. The molecule has 1 aliphatic heterocycles. The molecular weight excluding hydrogens is 646 g/mol. The molecule has 5 amide bonds. The van der Waals surface area contributed by atoms with E-state index in [0.717, 1.165) is 24.8 Å². The highest BCUT2D eigenvalue weighted by Gasteiger charge is 2.62. The van der Waals surface area contributed by atoms with E-state index in [1.165, 1.54) is 11.0 Å². The zero-order chi connectivity index (χ0) is 37.2. The normalized spacial score (nSPS) is 21.2. The molecule has 13 heteroatoms. The van der Waals surface area contributed by atoms with Gasteiger partial charge in [0.1, 0.15) is 11.7 Å². The van der Waals surface area contributed by atoms with Gasteiger partial charge in [-0.2, -0.15) is 0 Å². The third kappa shape index (κ3) is 9.52. The maximum absolute atomic E-state index is 14.4. The van der Waals surface area contributed by atoms with E-state index in [1.807, 2.05) is 41.5 Å². The first-order valence-electron chi connectivity index (χ1n) is 17.6. The van der Waals surface area contributed by atoms with Crippen LogP contribution in [0, 0.1) is 16.7 Å². The molecule has 2 aliphatic carbocycles. The van der Waals surface area contributed by atoms with Gasteiger partial charge in [0.05, 0.1) is 22.1 Å². The lowest BCUT2D eigenvalue weighted by molar-refractivity contribution is -0.140. The summed E-state index contributed by atoms with van der Waals surface area (Å²) in [5.41, 5.74) is -0.743. The Morgan fingerprint density at radius 1 is 0.980 bits per heavy atom. The molecule has 0 bridgehead atoms. The van der Waals surface area contributed by atoms with Crippen LogP contribution in [0.2, 0.25) is 0 Å². The number of rotatable bonds is 14. The predicted molar refractivity (Wildman–Crippen MR) is 190 cm³/mol. The number of hydrogen-bond donors (Lipinski definition) is 4. The summed E-state index contributed by atoms with van der Waals surface area (Å²) in [4.78, 5) is 68.9. The fraction of sp³-hybridized carbons (Fsp3) is 0.750. The average molecular weight is 706 g/mol. The summed E-state index contributed by atoms with van der Waals surface area (Å²) in [6.45, 7) is 20.5. The number of sulfone groups is 1. The monoisotopic (exact) mass is 705 g/mol. The van der Waals surface area contributed by atoms with Crippen molar-refractivity contribution in [1.29, 1.82) is 0 Å². The van der Waals surface area contributed by atoms with Crippen LogP contribution >= 0.6 is 0 Å². The smallest absolute Gasteiger partial charge is 0.315 e. The second-order valence-electron chi connectivity index (χ2n) is 16.8. The first-order chi connectivity index (χ1) is 22.5. The van der Waals surface area contributed by atoms with Crippen molar-refractivity contribution in [2.75, 3.05) is 18.8 Å². The van der Waals surface area contributed by atoms with Crippen LogP contribution in [0.1, 0.15) is 114 Å². The molecule has 3 atom stereocenters. The molecule has 2 fully saturated rings. The number of Topliss-reactive ketones (excluding diaryl/α,β-unsaturated/α-hetero) is 1. The maximum atomic E-state index is 14.4. The quantitative estimate of drug-likeness (QED) is 0.157. The Balaban J connectivity index is 1.89. The van der Waals surface area contributed by atoms with Gasteiger partial charge in [-0.25, -0.2) is 13.2 Å². The van der Waals surface area contributed by atoms with Crippen LogP contribution in [0.15, 0.2) is 23.9 Å². The number of ketones is 1. The van der Waals surface area contributed by atoms with Crippen LogP contribution in [0.5, 0.6) is 0 Å². The van der Waals surface area contributed by atoms with E-state index in [-0.39, 0.29) is 48.7 Å². The maximum Gasteiger partial charge on any atom is 0.315 e. The zero-order valence-corrected chi connectivity index (χ0v) is 31.8. The topological polar surface area (TPSA) is 171 Å². The molecule has 0 radical (unpaired) electrons. The van der Waals surface area contributed by atoms with Crippen molar-refractivity contribution in [2.24, 2.45) is 16.7 Å². The van der Waals surface area contributed by atoms with E-state index in [0.29, 0.717) is 19.3 Å². The fourth-order valence-corrected chi connectivity index (χ4v) is 8.56. The van der Waals surface area contributed by atoms with Gasteiger partial charge in [0.25, 0.3) is 11.8 Å². The average Bonchev–Trinajstić information content (AvgIpc) is 3.29. The third-order valence-corrected chi connectivity index (χ3v) is 12.8. The first kappa shape index (κ1) is 40.2. The highest BCUT2D eigenvalue weighted by molar-refractivity contribution is 7.92. The number of amides is 5. The summed E-state index contributed by atoms with van der Waals surface area (Å²) >= 11 is 0. The fourth-order valence-electron chi connectivity index (χ4n) is 7.04. The minimum Gasteiger partial charge on any atom is -0.346 e. The van der Waals surface area contributed by atoms with E-state index < -0.39 is 67.2 Å². The van der Waals surface area contributed by atoms with Gasteiger partial charge in [-0.15, -0.1) is 6.58 Å². The van der Waals surface area contributed by atoms with Gasteiger partial charge in [0, 0.05) is 19.0 Å². The Hall–Kier alpha value is -3.22. The van der Waals surface area contributed by atoms with E-state index in [4.69, 9.17) is 0 Å². The molecule has 3 rings (SSSR count). The van der Waals surface area contributed by atoms with Crippen LogP contribution in [-0.4, -0.2) is 84.1 Å². The molecule has 49 heavy (non-hydrogen) atoms. The van der Waals surface area contributed by atoms with Crippen molar-refractivity contribution in [3.05, 3.63) is 23.9 Å². The van der Waals surface area contributed by atoms with Gasteiger partial charge in [0.15, 0.2) is 9.84 Å². The lowest BCUT2D eigenvalue weighted by Gasteiger charge is -2.40. The number of nitrogens with zero attached hydrogens (tertiary/aromatic N) is 1. The molecule has 0 saturated heterocycles. The summed E-state index contributed by atoms with van der Waals surface area (Å²) < 4.78 is 25.6. The largest absolute Gasteiger partial charge is 0.346 e. The highest BCUT2D eigenvalue weighted by Crippen LogP contribution is 2.63. The van der Waals surface area contributed by atoms with Gasteiger partial charge in [0.2, 0.25) is 11.7 Å². The van der Waals surface area contributed by atoms with Crippen molar-refractivity contribution in [1.82, 2.24) is 26.2 Å². The molecule has 0 aromatic heterocycles. The Morgan fingerprint density at radius 3 is 2.12 bits per heavy atom. The SMILES string of the molecule is C=CCNC(=O)C(=O)C(CCC)NC(=O)C1=C2C(CN1C(=O)C(CC(C)(C)C)NC(=O)NC1(CS(=O)(=O)C(C)(C)C)CCCCC1)C2(C)C.